The molecule has 0 bridgehead atoms. The lowest BCUT2D eigenvalue weighted by Crippen LogP contribution is -2.52. The normalized spacial score (nSPS) is 14.8. The van der Waals surface area contributed by atoms with Gasteiger partial charge in [0.1, 0.15) is 23.0 Å². The highest BCUT2D eigenvalue weighted by Gasteiger charge is 2.53. The Balaban J connectivity index is 1.02. The second kappa shape index (κ2) is 26.1. The largest absolute Gasteiger partial charge is 0.426 e. The van der Waals surface area contributed by atoms with Crippen LogP contribution in [0.2, 0.25) is 0 Å². The second-order valence-corrected chi connectivity index (χ2v) is 28.3. The van der Waals surface area contributed by atoms with Crippen LogP contribution in [0.4, 0.5) is 0 Å². The molecule has 10 aromatic carbocycles. The average Bonchev–Trinajstić information content (AvgIpc) is 3.46. The summed E-state index contributed by atoms with van der Waals surface area (Å²) in [6, 6.07) is 82.9. The van der Waals surface area contributed by atoms with Crippen molar-refractivity contribution in [1.82, 2.24) is 8.15 Å². The van der Waals surface area contributed by atoms with E-state index in [0.29, 0.717) is 48.7 Å². The molecule has 0 aromatic heterocycles. The molecule has 1 saturated carbocycles. The Kier molecular flexibility index (Phi) is 18.1. The molecule has 11 rings (SSSR count). The van der Waals surface area contributed by atoms with E-state index >= 15 is 16.8 Å². The fourth-order valence-corrected chi connectivity index (χ4v) is 18.8. The van der Waals surface area contributed by atoms with Gasteiger partial charge in [-0.2, -0.15) is 0 Å². The van der Waals surface area contributed by atoms with Crippen LogP contribution >= 0.6 is 17.1 Å². The zero-order chi connectivity index (χ0) is 59.0. The summed E-state index contributed by atoms with van der Waals surface area (Å²) in [6.07, 6.45) is 1.42. The standard InChI is InChI=1S/C71H66N2O8P2S2/c1-53-41-49-61(50-42-53)84(74,75)72(82(78-67-37-21-17-33-63(67)55-25-9-5-10-26-55)79-68-38-22-18-34-64(68)56-27-11-6-12-28-56)60-47-45-59(46-48-60)71(3,4)73(85(76,77)62-51-43-54(2)44-52-62)83(80-69-39-23-19-35-65(69)57-29-13-7-14-30-57)81-70-40-24-20-36-66(70)58-31-15-8-16-32-58/h5-44,49-52,59-60H,45-48H2,1-4H3. The molecule has 14 heteroatoms. The van der Waals surface area contributed by atoms with Crippen LogP contribution in [-0.2, 0) is 20.0 Å². The predicted molar refractivity (Wildman–Crippen MR) is 344 cm³/mol. The molecule has 0 unspecified atom stereocenters. The summed E-state index contributed by atoms with van der Waals surface area (Å²) in [4.78, 5) is 0.170. The third kappa shape index (κ3) is 13.2. The fraction of sp³-hybridized carbons (Fsp3) is 0.155. The van der Waals surface area contributed by atoms with Crippen molar-refractivity contribution in [1.29, 1.82) is 0 Å². The SMILES string of the molecule is Cc1ccc(S(=O)(=O)N(C2CCC(C(C)(C)N(P(Oc3ccccc3-c3ccccc3)Oc3ccccc3-c3ccccc3)S(=O)(=O)c3ccc(C)cc3)CC2)P(Oc2ccccc2-c2ccccc2)Oc2ccccc2-c2ccccc2)cc1. The van der Waals surface area contributed by atoms with E-state index in [4.69, 9.17) is 18.1 Å². The minimum Gasteiger partial charge on any atom is -0.426 e. The first-order chi connectivity index (χ1) is 41.3. The molecule has 0 amide bonds. The quantitative estimate of drug-likeness (QED) is 0.0654. The predicted octanol–water partition coefficient (Wildman–Crippen LogP) is 18.8. The highest BCUT2D eigenvalue weighted by molar-refractivity contribution is 7.94. The van der Waals surface area contributed by atoms with Gasteiger partial charge in [-0.3, -0.25) is 0 Å². The molecule has 1 aliphatic rings. The number of benzene rings is 10. The van der Waals surface area contributed by atoms with Crippen molar-refractivity contribution in [3.63, 3.8) is 0 Å². The minimum absolute atomic E-state index is 0.0779. The van der Waals surface area contributed by atoms with Gasteiger partial charge in [0.15, 0.2) is 0 Å². The van der Waals surface area contributed by atoms with E-state index in [1.165, 1.54) is 8.15 Å². The van der Waals surface area contributed by atoms with Crippen LogP contribution in [0.5, 0.6) is 23.0 Å². The summed E-state index contributed by atoms with van der Waals surface area (Å²) < 4.78 is 95.8. The summed E-state index contributed by atoms with van der Waals surface area (Å²) in [5, 5.41) is 0. The third-order valence-electron chi connectivity index (χ3n) is 15.5. The Morgan fingerprint density at radius 1 is 0.353 bits per heavy atom. The van der Waals surface area contributed by atoms with Crippen molar-refractivity contribution in [2.24, 2.45) is 5.92 Å². The molecule has 0 saturated heterocycles. The maximum atomic E-state index is 16.1. The minimum atomic E-state index is -4.48. The van der Waals surface area contributed by atoms with Crippen LogP contribution in [0.3, 0.4) is 0 Å². The molecule has 0 spiro atoms. The van der Waals surface area contributed by atoms with Gasteiger partial charge in [-0.05, 0) is 130 Å². The van der Waals surface area contributed by atoms with Gasteiger partial charge in [0.25, 0.3) is 20.0 Å². The van der Waals surface area contributed by atoms with Gasteiger partial charge >= 0.3 is 17.1 Å². The summed E-state index contributed by atoms with van der Waals surface area (Å²) in [5.41, 5.74) is 7.15. The van der Waals surface area contributed by atoms with Gasteiger partial charge in [0.05, 0.1) is 9.79 Å². The van der Waals surface area contributed by atoms with Gasteiger partial charge in [-0.25, -0.2) is 16.8 Å². The van der Waals surface area contributed by atoms with Crippen molar-refractivity contribution >= 4 is 37.1 Å². The van der Waals surface area contributed by atoms with Crippen molar-refractivity contribution in [3.05, 3.63) is 278 Å². The number of nitrogens with zero attached hydrogens (tertiary/aromatic N) is 2. The molecule has 0 aliphatic heterocycles. The van der Waals surface area contributed by atoms with E-state index in [-0.39, 0.29) is 15.7 Å². The Labute approximate surface area is 503 Å². The molecule has 85 heavy (non-hydrogen) atoms. The van der Waals surface area contributed by atoms with Crippen LogP contribution in [-0.4, -0.2) is 36.6 Å². The van der Waals surface area contributed by atoms with E-state index < -0.39 is 48.7 Å². The van der Waals surface area contributed by atoms with Crippen molar-refractivity contribution in [2.45, 2.75) is 74.7 Å². The van der Waals surface area contributed by atoms with Crippen LogP contribution < -0.4 is 18.1 Å². The van der Waals surface area contributed by atoms with Crippen molar-refractivity contribution in [3.8, 4) is 67.5 Å². The summed E-state index contributed by atoms with van der Waals surface area (Å²) in [5.74, 6) is 1.40. The molecular formula is C71H66N2O8P2S2. The third-order valence-corrected chi connectivity index (χ3v) is 23.9. The molecule has 0 atom stereocenters. The van der Waals surface area contributed by atoms with Crippen LogP contribution in [0, 0.1) is 19.8 Å². The van der Waals surface area contributed by atoms with Crippen molar-refractivity contribution in [2.75, 3.05) is 0 Å². The van der Waals surface area contributed by atoms with Crippen LogP contribution in [0.1, 0.15) is 50.7 Å². The number of aryl methyl sites for hydroxylation is 2. The van der Waals surface area contributed by atoms with E-state index in [1.54, 1.807) is 48.5 Å². The smallest absolute Gasteiger partial charge is 0.400 e. The number of hydrogen-bond acceptors (Lipinski definition) is 8. The first kappa shape index (κ1) is 58.8. The number of para-hydroxylation sites is 4. The molecule has 0 N–H and O–H groups in total. The first-order valence-corrected chi connectivity index (χ1v) is 33.5. The van der Waals surface area contributed by atoms with Crippen LogP contribution in [0.25, 0.3) is 44.5 Å². The second-order valence-electron chi connectivity index (χ2n) is 21.6. The maximum absolute atomic E-state index is 16.1. The Hall–Kier alpha value is -7.92. The molecule has 430 valence electrons. The maximum Gasteiger partial charge on any atom is 0.400 e. The summed E-state index contributed by atoms with van der Waals surface area (Å²) >= 11 is 0. The molecule has 10 aromatic rings. The number of sulfonamides is 2. The number of hydrogen-bond donors (Lipinski definition) is 0. The Morgan fingerprint density at radius 3 is 0.965 bits per heavy atom. The van der Waals surface area contributed by atoms with Gasteiger partial charge in [0.2, 0.25) is 0 Å². The molecule has 0 heterocycles. The topological polar surface area (TPSA) is 112 Å². The van der Waals surface area contributed by atoms with Crippen LogP contribution in [0.15, 0.2) is 277 Å². The van der Waals surface area contributed by atoms with Gasteiger partial charge in [0, 0.05) is 33.8 Å². The molecular weight excluding hydrogens is 1130 g/mol. The summed E-state index contributed by atoms with van der Waals surface area (Å²) in [6.45, 7) is 7.73. The number of rotatable bonds is 21. The average molecular weight is 1200 g/mol. The lowest BCUT2D eigenvalue weighted by atomic mass is 9.76. The van der Waals surface area contributed by atoms with Crippen molar-refractivity contribution < 1.29 is 34.9 Å². The van der Waals surface area contributed by atoms with E-state index in [0.717, 1.165) is 55.6 Å². The molecule has 1 aliphatic carbocycles. The zero-order valence-electron chi connectivity index (χ0n) is 47.8. The van der Waals surface area contributed by atoms with Gasteiger partial charge in [-0.15, -0.1) is 4.08 Å². The highest BCUT2D eigenvalue weighted by atomic mass is 32.2. The lowest BCUT2D eigenvalue weighted by molar-refractivity contribution is 0.135. The molecule has 1 fully saturated rings. The van der Waals surface area contributed by atoms with E-state index in [2.05, 4.69) is 0 Å². The lowest BCUT2D eigenvalue weighted by Gasteiger charge is -2.47. The van der Waals surface area contributed by atoms with E-state index in [9.17, 15) is 0 Å². The highest BCUT2D eigenvalue weighted by Crippen LogP contribution is 2.59. The Morgan fingerprint density at radius 2 is 0.635 bits per heavy atom. The zero-order valence-corrected chi connectivity index (χ0v) is 51.2. The summed E-state index contributed by atoms with van der Waals surface area (Å²) in [7, 11) is -14.0. The molecule has 0 radical (unpaired) electrons. The molecule has 10 nitrogen and oxygen atoms in total. The fourth-order valence-electron chi connectivity index (χ4n) is 11.0. The monoisotopic (exact) mass is 1200 g/mol. The van der Waals surface area contributed by atoms with E-state index in [1.807, 2.05) is 246 Å². The van der Waals surface area contributed by atoms with Gasteiger partial charge in [-0.1, -0.05) is 234 Å². The first-order valence-electron chi connectivity index (χ1n) is 28.4. The van der Waals surface area contributed by atoms with Gasteiger partial charge < -0.3 is 18.1 Å². The Bertz CT molecular complexity index is 3910.